The Morgan fingerprint density at radius 3 is 2.86 bits per heavy atom. The molecule has 0 spiro atoms. The van der Waals surface area contributed by atoms with Crippen molar-refractivity contribution in [2.45, 2.75) is 19.5 Å². The number of piperazine rings is 1. The van der Waals surface area contributed by atoms with Crippen molar-refractivity contribution >= 4 is 23.5 Å². The van der Waals surface area contributed by atoms with Gasteiger partial charge in [-0.1, -0.05) is 12.1 Å². The number of imide groups is 1. The van der Waals surface area contributed by atoms with Crippen molar-refractivity contribution in [3.63, 3.8) is 0 Å². The molecule has 1 heterocycles. The Hall–Kier alpha value is -2.41. The number of ether oxygens (including phenoxy) is 1. The lowest BCUT2D eigenvalue weighted by atomic mass is 10.0. The molecule has 2 rings (SSSR count). The number of esters is 1. The van der Waals surface area contributed by atoms with Gasteiger partial charge in [-0.05, 0) is 18.6 Å². The van der Waals surface area contributed by atoms with E-state index in [0.717, 1.165) is 0 Å². The number of nitrogens with zero attached hydrogens (tertiary/aromatic N) is 1. The minimum Gasteiger partial charge on any atom is -0.465 e. The summed E-state index contributed by atoms with van der Waals surface area (Å²) in [6, 6.07) is 4.59. The highest BCUT2D eigenvalue weighted by Crippen LogP contribution is 2.21. The highest BCUT2D eigenvalue weighted by molar-refractivity contribution is 6.01. The molecule has 0 saturated carbocycles. The van der Waals surface area contributed by atoms with Crippen LogP contribution >= 0.6 is 0 Å². The van der Waals surface area contributed by atoms with Crippen molar-refractivity contribution in [3.05, 3.63) is 29.3 Å². The zero-order chi connectivity index (χ0) is 15.6. The SMILES string of the molecule is COC(=O)c1c(N)cccc1CN1CC(=O)NC(=O)C1C. The maximum Gasteiger partial charge on any atom is 0.340 e. The van der Waals surface area contributed by atoms with Gasteiger partial charge in [-0.15, -0.1) is 0 Å². The van der Waals surface area contributed by atoms with Crippen LogP contribution in [0.4, 0.5) is 5.69 Å². The first-order chi connectivity index (χ1) is 9.93. The van der Waals surface area contributed by atoms with Gasteiger partial charge in [0.1, 0.15) is 0 Å². The molecular formula is C14H17N3O4. The summed E-state index contributed by atoms with van der Waals surface area (Å²) in [5.74, 6) is -1.25. The highest BCUT2D eigenvalue weighted by Gasteiger charge is 2.31. The van der Waals surface area contributed by atoms with E-state index in [2.05, 4.69) is 5.32 Å². The molecule has 2 amide bonds. The molecule has 7 nitrogen and oxygen atoms in total. The third-order valence-electron chi connectivity index (χ3n) is 3.48. The molecule has 0 aliphatic carbocycles. The van der Waals surface area contributed by atoms with Gasteiger partial charge in [0.2, 0.25) is 11.8 Å². The quantitative estimate of drug-likeness (QED) is 0.458. The van der Waals surface area contributed by atoms with E-state index in [1.807, 2.05) is 0 Å². The van der Waals surface area contributed by atoms with Crippen molar-refractivity contribution < 1.29 is 19.1 Å². The van der Waals surface area contributed by atoms with Crippen LogP contribution in [0, 0.1) is 0 Å². The summed E-state index contributed by atoms with van der Waals surface area (Å²) >= 11 is 0. The van der Waals surface area contributed by atoms with Gasteiger partial charge in [0, 0.05) is 12.2 Å². The van der Waals surface area contributed by atoms with E-state index in [1.54, 1.807) is 30.0 Å². The van der Waals surface area contributed by atoms with Crippen LogP contribution in [0.15, 0.2) is 18.2 Å². The lowest BCUT2D eigenvalue weighted by molar-refractivity contribution is -0.139. The fraction of sp³-hybridized carbons (Fsp3) is 0.357. The van der Waals surface area contributed by atoms with Crippen LogP contribution in [-0.2, 0) is 20.9 Å². The molecule has 1 saturated heterocycles. The maximum absolute atomic E-state index is 11.8. The Balaban J connectivity index is 2.31. The second kappa shape index (κ2) is 5.92. The largest absolute Gasteiger partial charge is 0.465 e. The molecule has 0 bridgehead atoms. The predicted molar refractivity (Wildman–Crippen MR) is 75.2 cm³/mol. The molecule has 1 aromatic rings. The molecule has 0 radical (unpaired) electrons. The molecule has 1 aromatic carbocycles. The van der Waals surface area contributed by atoms with E-state index in [0.29, 0.717) is 11.3 Å². The van der Waals surface area contributed by atoms with E-state index in [9.17, 15) is 14.4 Å². The topological polar surface area (TPSA) is 102 Å². The number of amides is 2. The smallest absolute Gasteiger partial charge is 0.340 e. The lowest BCUT2D eigenvalue weighted by Crippen LogP contribution is -2.56. The van der Waals surface area contributed by atoms with Crippen molar-refractivity contribution in [1.29, 1.82) is 0 Å². The molecule has 1 atom stereocenters. The first-order valence-electron chi connectivity index (χ1n) is 6.47. The number of nitrogens with one attached hydrogen (secondary N) is 1. The van der Waals surface area contributed by atoms with E-state index >= 15 is 0 Å². The second-order valence-electron chi connectivity index (χ2n) is 4.87. The van der Waals surface area contributed by atoms with Crippen LogP contribution in [-0.4, -0.2) is 42.4 Å². The van der Waals surface area contributed by atoms with Crippen LogP contribution in [0.25, 0.3) is 0 Å². The molecule has 21 heavy (non-hydrogen) atoms. The van der Waals surface area contributed by atoms with Crippen LogP contribution in [0.2, 0.25) is 0 Å². The standard InChI is InChI=1S/C14H17N3O4/c1-8-13(19)16-11(18)7-17(8)6-9-4-3-5-10(15)12(9)14(20)21-2/h3-5,8H,6-7,15H2,1-2H3,(H,16,18,19). The molecule has 112 valence electrons. The number of methoxy groups -OCH3 is 1. The highest BCUT2D eigenvalue weighted by atomic mass is 16.5. The molecule has 7 heteroatoms. The number of anilines is 1. The Labute approximate surface area is 122 Å². The predicted octanol–water partition coefficient (Wildman–Crippen LogP) is -0.0977. The molecule has 1 aliphatic heterocycles. The van der Waals surface area contributed by atoms with E-state index in [-0.39, 0.29) is 30.5 Å². The van der Waals surface area contributed by atoms with Crippen LogP contribution in [0.5, 0.6) is 0 Å². The van der Waals surface area contributed by atoms with Gasteiger partial charge in [-0.3, -0.25) is 19.8 Å². The third kappa shape index (κ3) is 3.03. The average molecular weight is 291 g/mol. The second-order valence-corrected chi connectivity index (χ2v) is 4.87. The van der Waals surface area contributed by atoms with Crippen LogP contribution < -0.4 is 11.1 Å². The third-order valence-corrected chi connectivity index (χ3v) is 3.48. The Morgan fingerprint density at radius 2 is 2.19 bits per heavy atom. The Bertz CT molecular complexity index is 600. The van der Waals surface area contributed by atoms with Gasteiger partial charge in [-0.2, -0.15) is 0 Å². The molecule has 1 fully saturated rings. The number of hydrogen-bond acceptors (Lipinski definition) is 6. The first kappa shape index (κ1) is 15.0. The fourth-order valence-corrected chi connectivity index (χ4v) is 2.28. The van der Waals surface area contributed by atoms with Crippen LogP contribution in [0.3, 0.4) is 0 Å². The van der Waals surface area contributed by atoms with Crippen molar-refractivity contribution in [1.82, 2.24) is 10.2 Å². The molecule has 0 aromatic heterocycles. The zero-order valence-corrected chi connectivity index (χ0v) is 11.9. The number of carbonyl (C=O) groups is 3. The average Bonchev–Trinajstić information content (AvgIpc) is 2.43. The summed E-state index contributed by atoms with van der Waals surface area (Å²) in [7, 11) is 1.28. The van der Waals surface area contributed by atoms with Crippen molar-refractivity contribution in [3.8, 4) is 0 Å². The maximum atomic E-state index is 11.8. The van der Waals surface area contributed by atoms with Gasteiger partial charge in [-0.25, -0.2) is 4.79 Å². The van der Waals surface area contributed by atoms with Gasteiger partial charge in [0.15, 0.2) is 0 Å². The van der Waals surface area contributed by atoms with Crippen molar-refractivity contribution in [2.24, 2.45) is 0 Å². The summed E-state index contributed by atoms with van der Waals surface area (Å²) in [5.41, 5.74) is 7.02. The number of hydrogen-bond donors (Lipinski definition) is 2. The first-order valence-corrected chi connectivity index (χ1v) is 6.47. The molecule has 1 aliphatic rings. The van der Waals surface area contributed by atoms with Gasteiger partial charge in [0.25, 0.3) is 0 Å². The minimum atomic E-state index is -0.538. The molecular weight excluding hydrogens is 274 g/mol. The van der Waals surface area contributed by atoms with Gasteiger partial charge >= 0.3 is 5.97 Å². The summed E-state index contributed by atoms with van der Waals surface area (Å²) < 4.78 is 4.73. The number of carbonyl (C=O) groups excluding carboxylic acids is 3. The van der Waals surface area contributed by atoms with E-state index in [4.69, 9.17) is 10.5 Å². The monoisotopic (exact) mass is 291 g/mol. The Kier molecular flexibility index (Phi) is 4.23. The summed E-state index contributed by atoms with van der Waals surface area (Å²) in [4.78, 5) is 36.7. The summed E-state index contributed by atoms with van der Waals surface area (Å²) in [5, 5.41) is 2.27. The van der Waals surface area contributed by atoms with Gasteiger partial charge in [0.05, 0.1) is 25.3 Å². The van der Waals surface area contributed by atoms with Crippen molar-refractivity contribution in [2.75, 3.05) is 19.4 Å². The van der Waals surface area contributed by atoms with Crippen LogP contribution in [0.1, 0.15) is 22.8 Å². The van der Waals surface area contributed by atoms with E-state index in [1.165, 1.54) is 7.11 Å². The fourth-order valence-electron chi connectivity index (χ4n) is 2.28. The number of rotatable bonds is 3. The van der Waals surface area contributed by atoms with Gasteiger partial charge < -0.3 is 10.5 Å². The van der Waals surface area contributed by atoms with E-state index < -0.39 is 12.0 Å². The minimum absolute atomic E-state index is 0.0856. The molecule has 3 N–H and O–H groups in total. The normalized spacial score (nSPS) is 19.2. The Morgan fingerprint density at radius 1 is 1.48 bits per heavy atom. The summed E-state index contributed by atoms with van der Waals surface area (Å²) in [6.07, 6.45) is 0. The molecule has 1 unspecified atom stereocenters. The summed E-state index contributed by atoms with van der Waals surface area (Å²) in [6.45, 7) is 2.05. The zero-order valence-electron chi connectivity index (χ0n) is 11.9. The number of nitrogen functional groups attached to an aromatic ring is 1. The number of benzene rings is 1. The number of nitrogens with two attached hydrogens (primary N) is 1. The lowest BCUT2D eigenvalue weighted by Gasteiger charge is -2.32.